The maximum Gasteiger partial charge on any atom is 0.315 e. The summed E-state index contributed by atoms with van der Waals surface area (Å²) in [6, 6.07) is 3.71. The van der Waals surface area contributed by atoms with Crippen LogP contribution in [0.2, 0.25) is 0 Å². The van der Waals surface area contributed by atoms with Gasteiger partial charge in [0.15, 0.2) is 17.3 Å². The Morgan fingerprint density at radius 3 is 2.71 bits per heavy atom. The predicted molar refractivity (Wildman–Crippen MR) is 107 cm³/mol. The van der Waals surface area contributed by atoms with Gasteiger partial charge in [0.05, 0.1) is 6.61 Å². The molecule has 0 fully saturated rings. The molecule has 0 N–H and O–H groups in total. The molecule has 0 saturated carbocycles. The zero-order valence-corrected chi connectivity index (χ0v) is 17.5. The van der Waals surface area contributed by atoms with Gasteiger partial charge in [-0.15, -0.1) is 0 Å². The first-order valence-corrected chi connectivity index (χ1v) is 10.4. The van der Waals surface area contributed by atoms with Gasteiger partial charge in [-0.25, -0.2) is 0 Å². The number of aliphatic imine (C=N–C) groups is 1. The lowest BCUT2D eigenvalue weighted by molar-refractivity contribution is -0.146. The molecule has 4 rings (SSSR count). The van der Waals surface area contributed by atoms with Crippen LogP contribution >= 0.6 is 15.9 Å². The number of Topliss-reactive ketones (excluding diaryl/α,β-unsaturated/α-hetero) is 1. The number of fused-ring (bicyclic) bond motifs is 1. The molecule has 1 unspecified atom stereocenters. The van der Waals surface area contributed by atoms with Crippen molar-refractivity contribution in [1.82, 2.24) is 0 Å². The van der Waals surface area contributed by atoms with Crippen molar-refractivity contribution in [3.8, 4) is 11.5 Å². The maximum absolute atomic E-state index is 13.0. The number of hydrogen-bond donors (Lipinski definition) is 0. The molecule has 2 atom stereocenters. The van der Waals surface area contributed by atoms with Gasteiger partial charge in [-0.1, -0.05) is 22.9 Å². The molecular weight excluding hydrogens is 426 g/mol. The van der Waals surface area contributed by atoms with Crippen molar-refractivity contribution < 1.29 is 23.8 Å². The number of ether oxygens (including phenoxy) is 3. The average molecular weight is 448 g/mol. The Morgan fingerprint density at radius 1 is 1.25 bits per heavy atom. The number of carbonyl (C=O) groups excluding carboxylic acids is 2. The highest BCUT2D eigenvalue weighted by molar-refractivity contribution is 9.10. The second-order valence-corrected chi connectivity index (χ2v) is 7.88. The highest BCUT2D eigenvalue weighted by atomic mass is 79.9. The smallest absolute Gasteiger partial charge is 0.315 e. The van der Waals surface area contributed by atoms with Crippen molar-refractivity contribution in [3.05, 3.63) is 33.4 Å². The van der Waals surface area contributed by atoms with Gasteiger partial charge < -0.3 is 14.2 Å². The lowest BCUT2D eigenvalue weighted by Gasteiger charge is -2.35. The van der Waals surface area contributed by atoms with Crippen LogP contribution in [0.4, 0.5) is 0 Å². The number of esters is 1. The minimum atomic E-state index is -0.623. The Balaban J connectivity index is 1.91. The number of ketones is 1. The lowest BCUT2D eigenvalue weighted by Crippen LogP contribution is -2.38. The molecule has 0 bridgehead atoms. The third kappa shape index (κ3) is 3.15. The van der Waals surface area contributed by atoms with Crippen molar-refractivity contribution in [2.75, 3.05) is 13.4 Å². The van der Waals surface area contributed by atoms with E-state index < -0.39 is 11.8 Å². The number of nitrogens with zero attached hydrogens (tertiary/aromatic N) is 1. The van der Waals surface area contributed by atoms with Gasteiger partial charge in [0.2, 0.25) is 6.79 Å². The molecule has 1 aromatic rings. The molecule has 7 heteroatoms. The molecule has 2 heterocycles. The van der Waals surface area contributed by atoms with Gasteiger partial charge in [-0.3, -0.25) is 14.6 Å². The number of benzene rings is 1. The molecule has 1 aliphatic carbocycles. The second kappa shape index (κ2) is 7.70. The van der Waals surface area contributed by atoms with Gasteiger partial charge in [0.25, 0.3) is 0 Å². The van der Waals surface area contributed by atoms with E-state index in [2.05, 4.69) is 15.9 Å². The Kier molecular flexibility index (Phi) is 5.27. The SMILES string of the molecule is CCOC(=O)C1C(CC)=NC2=C(C(=O)CCC2)[C@@H]1c1cc2c(cc1Br)OCO2. The fourth-order valence-corrected chi connectivity index (χ4v) is 4.80. The van der Waals surface area contributed by atoms with Crippen molar-refractivity contribution in [2.24, 2.45) is 10.9 Å². The quantitative estimate of drug-likeness (QED) is 0.642. The van der Waals surface area contributed by atoms with E-state index in [1.807, 2.05) is 19.1 Å². The molecule has 1 aromatic carbocycles. The molecule has 0 spiro atoms. The molecule has 0 aromatic heterocycles. The summed E-state index contributed by atoms with van der Waals surface area (Å²) in [5.41, 5.74) is 3.04. The minimum absolute atomic E-state index is 0.0593. The standard InChI is InChI=1S/C21H22BrNO5/c1-3-13-20(21(25)26-4-2)18(19-14(23-13)6-5-7-15(19)24)11-8-16-17(9-12(11)22)28-10-27-16/h8-9,18,20H,3-7,10H2,1-2H3/t18-,20?/m0/s1. The topological polar surface area (TPSA) is 74.2 Å². The van der Waals surface area contributed by atoms with Crippen molar-refractivity contribution in [3.63, 3.8) is 0 Å². The second-order valence-electron chi connectivity index (χ2n) is 7.03. The first-order chi connectivity index (χ1) is 13.5. The molecule has 148 valence electrons. The fraction of sp³-hybridized carbons (Fsp3) is 0.476. The van der Waals surface area contributed by atoms with Crippen LogP contribution in [0.15, 0.2) is 32.9 Å². The van der Waals surface area contributed by atoms with Crippen LogP contribution in [0.5, 0.6) is 11.5 Å². The number of carbonyl (C=O) groups is 2. The first kappa shape index (κ1) is 19.2. The Hall–Kier alpha value is -2.15. The van der Waals surface area contributed by atoms with Crippen LogP contribution < -0.4 is 9.47 Å². The van der Waals surface area contributed by atoms with E-state index >= 15 is 0 Å². The lowest BCUT2D eigenvalue weighted by atomic mass is 9.71. The van der Waals surface area contributed by atoms with E-state index in [9.17, 15) is 9.59 Å². The van der Waals surface area contributed by atoms with Gasteiger partial charge >= 0.3 is 5.97 Å². The van der Waals surface area contributed by atoms with E-state index in [4.69, 9.17) is 19.2 Å². The third-order valence-electron chi connectivity index (χ3n) is 5.44. The summed E-state index contributed by atoms with van der Waals surface area (Å²) >= 11 is 3.62. The number of rotatable bonds is 4. The van der Waals surface area contributed by atoms with Gasteiger partial charge in [0, 0.05) is 33.8 Å². The van der Waals surface area contributed by atoms with Crippen LogP contribution in [-0.2, 0) is 14.3 Å². The average Bonchev–Trinajstić information content (AvgIpc) is 3.13. The number of allylic oxidation sites excluding steroid dienone is 2. The van der Waals surface area contributed by atoms with Crippen molar-refractivity contribution >= 4 is 33.4 Å². The monoisotopic (exact) mass is 447 g/mol. The summed E-state index contributed by atoms with van der Waals surface area (Å²) in [6.07, 6.45) is 2.63. The summed E-state index contributed by atoms with van der Waals surface area (Å²) in [5, 5.41) is 0. The summed E-state index contributed by atoms with van der Waals surface area (Å²) in [6.45, 7) is 4.20. The minimum Gasteiger partial charge on any atom is -0.465 e. The van der Waals surface area contributed by atoms with Crippen LogP contribution in [0, 0.1) is 5.92 Å². The largest absolute Gasteiger partial charge is 0.465 e. The fourth-order valence-electron chi connectivity index (χ4n) is 4.23. The molecule has 0 amide bonds. The highest BCUT2D eigenvalue weighted by Crippen LogP contribution is 2.48. The maximum atomic E-state index is 13.0. The number of halogens is 1. The summed E-state index contributed by atoms with van der Waals surface area (Å²) in [4.78, 5) is 30.6. The molecule has 6 nitrogen and oxygen atoms in total. The molecular formula is C21H22BrNO5. The Bertz CT molecular complexity index is 904. The van der Waals surface area contributed by atoms with Crippen molar-refractivity contribution in [1.29, 1.82) is 0 Å². The van der Waals surface area contributed by atoms with Gasteiger partial charge in [0.1, 0.15) is 5.92 Å². The normalized spacial score (nSPS) is 23.4. The summed E-state index contributed by atoms with van der Waals surface area (Å²) in [5.74, 6) is -0.0911. The summed E-state index contributed by atoms with van der Waals surface area (Å²) in [7, 11) is 0. The van der Waals surface area contributed by atoms with E-state index in [1.165, 1.54) is 0 Å². The van der Waals surface area contributed by atoms with Crippen molar-refractivity contribution in [2.45, 2.75) is 45.4 Å². The molecule has 0 saturated heterocycles. The molecule has 3 aliphatic rings. The zero-order valence-electron chi connectivity index (χ0n) is 15.9. The highest BCUT2D eigenvalue weighted by Gasteiger charge is 2.45. The van der Waals surface area contributed by atoms with E-state index in [1.54, 1.807) is 6.92 Å². The third-order valence-corrected chi connectivity index (χ3v) is 6.13. The molecule has 28 heavy (non-hydrogen) atoms. The Morgan fingerprint density at radius 2 is 2.00 bits per heavy atom. The van der Waals surface area contributed by atoms with Crippen LogP contribution in [-0.4, -0.2) is 30.9 Å². The summed E-state index contributed by atoms with van der Waals surface area (Å²) < 4.78 is 17.2. The van der Waals surface area contributed by atoms with Crippen LogP contribution in [0.3, 0.4) is 0 Å². The first-order valence-electron chi connectivity index (χ1n) is 9.64. The molecule has 2 aliphatic heterocycles. The predicted octanol–water partition coefficient (Wildman–Crippen LogP) is 4.31. The number of hydrogen-bond acceptors (Lipinski definition) is 6. The zero-order chi connectivity index (χ0) is 19.8. The van der Waals surface area contributed by atoms with Gasteiger partial charge in [-0.05, 0) is 43.9 Å². The van der Waals surface area contributed by atoms with Gasteiger partial charge in [-0.2, -0.15) is 0 Å². The van der Waals surface area contributed by atoms with E-state index in [0.29, 0.717) is 29.9 Å². The molecule has 0 radical (unpaired) electrons. The van der Waals surface area contributed by atoms with E-state index in [0.717, 1.165) is 34.3 Å². The Labute approximate surface area is 172 Å². The van der Waals surface area contributed by atoms with Crippen LogP contribution in [0.1, 0.15) is 51.0 Å². The van der Waals surface area contributed by atoms with Crippen LogP contribution in [0.25, 0.3) is 0 Å². The van der Waals surface area contributed by atoms with E-state index in [-0.39, 0.29) is 25.2 Å².